The average molecular weight is 769 g/mol. The lowest BCUT2D eigenvalue weighted by atomic mass is 9.73. The molecule has 0 atom stereocenters. The summed E-state index contributed by atoms with van der Waals surface area (Å²) in [5, 5.41) is 5.03. The van der Waals surface area contributed by atoms with E-state index in [0.717, 1.165) is 24.1 Å². The first-order chi connectivity index (χ1) is 29.6. The van der Waals surface area contributed by atoms with Gasteiger partial charge in [0.1, 0.15) is 0 Å². The zero-order valence-corrected chi connectivity index (χ0v) is 33.9. The molecule has 2 heteroatoms. The lowest BCUT2D eigenvalue weighted by molar-refractivity contribution is 0.490. The normalized spacial score (nSPS) is 13.0. The van der Waals surface area contributed by atoms with Crippen molar-refractivity contribution in [1.29, 1.82) is 0 Å². The van der Waals surface area contributed by atoms with E-state index in [1.807, 2.05) is 6.20 Å². The van der Waals surface area contributed by atoms with E-state index in [2.05, 4.69) is 219 Å². The largest absolute Gasteiger partial charge is 0.309 e. The third kappa shape index (κ3) is 5.82. The van der Waals surface area contributed by atoms with Crippen molar-refractivity contribution in [2.45, 2.75) is 32.1 Å². The molecule has 1 aliphatic rings. The molecule has 0 bridgehead atoms. The highest BCUT2D eigenvalue weighted by Crippen LogP contribution is 2.53. The van der Waals surface area contributed by atoms with Gasteiger partial charge in [0.05, 0.1) is 16.7 Å². The molecule has 0 fully saturated rings. The van der Waals surface area contributed by atoms with Crippen molar-refractivity contribution in [3.8, 4) is 50.2 Å². The number of hydrogen-bond donors (Lipinski definition) is 0. The Labute approximate surface area is 351 Å². The molecule has 286 valence electrons. The monoisotopic (exact) mass is 768 g/mol. The van der Waals surface area contributed by atoms with Crippen LogP contribution >= 0.6 is 0 Å². The molecule has 1 aliphatic carbocycles. The summed E-state index contributed by atoms with van der Waals surface area (Å²) in [6.07, 6.45) is 8.46. The summed E-state index contributed by atoms with van der Waals surface area (Å²) in [5.41, 5.74) is 18.4. The van der Waals surface area contributed by atoms with Crippen LogP contribution in [0, 0.1) is 0 Å². The Kier molecular flexibility index (Phi) is 8.67. The molecule has 11 rings (SSSR count). The molecular formula is C58H44N2. The summed E-state index contributed by atoms with van der Waals surface area (Å²) in [7, 11) is 0. The van der Waals surface area contributed by atoms with Crippen molar-refractivity contribution in [3.63, 3.8) is 0 Å². The van der Waals surface area contributed by atoms with E-state index in [9.17, 15) is 0 Å². The van der Waals surface area contributed by atoms with Crippen LogP contribution in [-0.4, -0.2) is 9.55 Å². The van der Waals surface area contributed by atoms with Crippen molar-refractivity contribution >= 4 is 44.7 Å². The highest BCUT2D eigenvalue weighted by atomic mass is 15.0. The fraction of sp³-hybridized carbons (Fsp3) is 0.0862. The molecule has 0 unspecified atom stereocenters. The summed E-state index contributed by atoms with van der Waals surface area (Å²) in [4.78, 5) is 4.99. The third-order valence-corrected chi connectivity index (χ3v) is 13.1. The smallest absolute Gasteiger partial charge is 0.0630 e. The number of benzene rings is 8. The van der Waals surface area contributed by atoms with Crippen LogP contribution in [0.15, 0.2) is 194 Å². The van der Waals surface area contributed by atoms with Crippen LogP contribution in [0.1, 0.15) is 49.1 Å². The van der Waals surface area contributed by atoms with Gasteiger partial charge in [0.2, 0.25) is 0 Å². The maximum Gasteiger partial charge on any atom is 0.0630 e. The van der Waals surface area contributed by atoms with Gasteiger partial charge in [-0.1, -0.05) is 166 Å². The number of hydrogen-bond acceptors (Lipinski definition) is 1. The maximum atomic E-state index is 4.99. The van der Waals surface area contributed by atoms with E-state index >= 15 is 0 Å². The molecule has 2 nitrogen and oxygen atoms in total. The minimum Gasteiger partial charge on any atom is -0.309 e. The molecule has 0 amide bonds. The van der Waals surface area contributed by atoms with Gasteiger partial charge < -0.3 is 4.57 Å². The lowest BCUT2D eigenvalue weighted by Gasteiger charge is -2.30. The van der Waals surface area contributed by atoms with Gasteiger partial charge in [-0.05, 0) is 128 Å². The van der Waals surface area contributed by atoms with Gasteiger partial charge >= 0.3 is 0 Å². The Balaban J connectivity index is 0.910. The third-order valence-electron chi connectivity index (χ3n) is 13.1. The van der Waals surface area contributed by atoms with E-state index in [-0.39, 0.29) is 5.41 Å². The first-order valence-electron chi connectivity index (χ1n) is 21.2. The number of para-hydroxylation sites is 2. The molecule has 2 heterocycles. The van der Waals surface area contributed by atoms with Crippen LogP contribution < -0.4 is 0 Å². The topological polar surface area (TPSA) is 17.8 Å². The number of nitrogens with zero attached hydrogens (tertiary/aromatic N) is 2. The predicted octanol–water partition coefficient (Wildman–Crippen LogP) is 15.6. The molecule has 0 N–H and O–H groups in total. The summed E-state index contributed by atoms with van der Waals surface area (Å²) in [5.74, 6) is 0. The average Bonchev–Trinajstić information content (AvgIpc) is 3.80. The SMILES string of the molecule is CCC1(CC)c2cc(/C=C/c3ccc(-c4cc5ccccc5cc4-c4ccc(-c5ccccc5)cc4)cn3)ccc2-c2ccc(-n3c4ccccc4c4ccccc43)cc21. The van der Waals surface area contributed by atoms with Gasteiger partial charge in [-0.3, -0.25) is 4.98 Å². The minimum absolute atomic E-state index is 0.0668. The van der Waals surface area contributed by atoms with Gasteiger partial charge in [-0.2, -0.15) is 0 Å². The number of rotatable bonds is 8. The number of aromatic nitrogens is 2. The molecule has 0 saturated heterocycles. The zero-order chi connectivity index (χ0) is 40.2. The van der Waals surface area contributed by atoms with E-state index in [1.54, 1.807) is 0 Å². The standard InChI is InChI=1S/C58H44N2/c1-3-58(4-2)54-34-39(23-32-48(54)49-33-31-47(37-55(49)58)60-56-20-12-10-18-50(56)51-19-11-13-21-57(51)60)22-29-46-30-28-45(38-59-46)53-36-44-17-9-8-16-43(44)35-52(53)42-26-24-41(25-27-42)40-14-6-5-7-15-40/h5-38H,3-4H2,1-2H3/b29-22+. The quantitative estimate of drug-likeness (QED) is 0.151. The molecule has 10 aromatic rings. The van der Waals surface area contributed by atoms with Crippen molar-refractivity contribution in [2.24, 2.45) is 0 Å². The van der Waals surface area contributed by atoms with Gasteiger partial charge in [0.15, 0.2) is 0 Å². The fourth-order valence-corrected chi connectivity index (χ4v) is 9.99. The Bertz CT molecular complexity index is 3200. The summed E-state index contributed by atoms with van der Waals surface area (Å²) in [6.45, 7) is 4.70. The van der Waals surface area contributed by atoms with Gasteiger partial charge in [0, 0.05) is 33.6 Å². The Morgan fingerprint density at radius 1 is 0.450 bits per heavy atom. The summed E-state index contributed by atoms with van der Waals surface area (Å²) >= 11 is 0. The maximum absolute atomic E-state index is 4.99. The van der Waals surface area contributed by atoms with Crippen LogP contribution in [0.4, 0.5) is 0 Å². The van der Waals surface area contributed by atoms with E-state index in [0.29, 0.717) is 0 Å². The fourth-order valence-electron chi connectivity index (χ4n) is 9.99. The molecule has 2 aromatic heterocycles. The van der Waals surface area contributed by atoms with E-state index in [4.69, 9.17) is 4.98 Å². The van der Waals surface area contributed by atoms with E-state index in [1.165, 1.54) is 93.9 Å². The minimum atomic E-state index is -0.0668. The second-order valence-corrected chi connectivity index (χ2v) is 16.2. The Hall–Kier alpha value is -7.29. The van der Waals surface area contributed by atoms with Crippen LogP contribution in [-0.2, 0) is 5.41 Å². The Morgan fingerprint density at radius 3 is 1.65 bits per heavy atom. The first-order valence-corrected chi connectivity index (χ1v) is 21.2. The van der Waals surface area contributed by atoms with Crippen LogP contribution in [0.25, 0.3) is 94.9 Å². The molecule has 0 aliphatic heterocycles. The molecule has 0 radical (unpaired) electrons. The van der Waals surface area contributed by atoms with E-state index < -0.39 is 0 Å². The van der Waals surface area contributed by atoms with Crippen molar-refractivity contribution in [3.05, 3.63) is 217 Å². The predicted molar refractivity (Wildman–Crippen MR) is 255 cm³/mol. The second kappa shape index (κ2) is 14.5. The molecule has 0 spiro atoms. The Morgan fingerprint density at radius 2 is 1.00 bits per heavy atom. The highest BCUT2D eigenvalue weighted by Gasteiger charge is 2.41. The van der Waals surface area contributed by atoms with Gasteiger partial charge in [-0.15, -0.1) is 0 Å². The van der Waals surface area contributed by atoms with Crippen molar-refractivity contribution in [1.82, 2.24) is 9.55 Å². The van der Waals surface area contributed by atoms with Crippen molar-refractivity contribution in [2.75, 3.05) is 0 Å². The number of pyridine rings is 1. The zero-order valence-electron chi connectivity index (χ0n) is 33.9. The molecule has 0 saturated carbocycles. The lowest BCUT2D eigenvalue weighted by Crippen LogP contribution is -2.23. The highest BCUT2D eigenvalue weighted by molar-refractivity contribution is 6.09. The van der Waals surface area contributed by atoms with Crippen LogP contribution in [0.5, 0.6) is 0 Å². The second-order valence-electron chi connectivity index (χ2n) is 16.2. The summed E-state index contributed by atoms with van der Waals surface area (Å²) < 4.78 is 2.44. The van der Waals surface area contributed by atoms with Crippen LogP contribution in [0.3, 0.4) is 0 Å². The molecule has 8 aromatic carbocycles. The van der Waals surface area contributed by atoms with Crippen LogP contribution in [0.2, 0.25) is 0 Å². The van der Waals surface area contributed by atoms with Gasteiger partial charge in [0.25, 0.3) is 0 Å². The molecular weight excluding hydrogens is 725 g/mol. The van der Waals surface area contributed by atoms with Crippen molar-refractivity contribution < 1.29 is 0 Å². The number of fused-ring (bicyclic) bond motifs is 7. The summed E-state index contributed by atoms with van der Waals surface area (Å²) in [6, 6.07) is 68.8. The molecule has 60 heavy (non-hydrogen) atoms. The first kappa shape index (κ1) is 35.8. The van der Waals surface area contributed by atoms with Gasteiger partial charge in [-0.25, -0.2) is 0 Å².